The van der Waals surface area contributed by atoms with E-state index in [0.717, 1.165) is 38.0 Å². The Bertz CT molecular complexity index is 671. The van der Waals surface area contributed by atoms with Crippen molar-refractivity contribution < 1.29 is 9.59 Å². The lowest BCUT2D eigenvalue weighted by molar-refractivity contribution is -0.124. The summed E-state index contributed by atoms with van der Waals surface area (Å²) in [7, 11) is 0. The lowest BCUT2D eigenvalue weighted by Gasteiger charge is -2.38. The van der Waals surface area contributed by atoms with Crippen molar-refractivity contribution in [3.63, 3.8) is 0 Å². The van der Waals surface area contributed by atoms with Gasteiger partial charge in [0.1, 0.15) is 0 Å². The number of para-hydroxylation sites is 1. The number of piperidine rings is 1. The minimum Gasteiger partial charge on any atom is -0.356 e. The highest BCUT2D eigenvalue weighted by Gasteiger charge is 2.30. The first-order chi connectivity index (χ1) is 13.6. The molecule has 2 amide bonds. The average Bonchev–Trinajstić information content (AvgIpc) is 2.73. The summed E-state index contributed by atoms with van der Waals surface area (Å²) in [5.41, 5.74) is 0.829. The molecule has 0 spiro atoms. The molecule has 2 unspecified atom stereocenters. The summed E-state index contributed by atoms with van der Waals surface area (Å²) in [6, 6.07) is 11.4. The number of anilines is 1. The molecule has 6 nitrogen and oxygen atoms in total. The van der Waals surface area contributed by atoms with E-state index in [2.05, 4.69) is 16.3 Å². The molecule has 0 saturated carbocycles. The average molecular weight is 385 g/mol. The first kappa shape index (κ1) is 21.9. The highest BCUT2D eigenvalue weighted by atomic mass is 16.2. The number of carbonyl (C=O) groups excluding carboxylic acids is 2. The van der Waals surface area contributed by atoms with Gasteiger partial charge in [0.2, 0.25) is 11.8 Å². The second-order valence-corrected chi connectivity index (χ2v) is 7.47. The SMILES string of the molecule is CCCC(=O)NCC1CCCN(C(C)C(=O)N(CCC#N)c2ccccc2)C1. The predicted molar refractivity (Wildman–Crippen MR) is 111 cm³/mol. The van der Waals surface area contributed by atoms with Crippen LogP contribution >= 0.6 is 0 Å². The maximum Gasteiger partial charge on any atom is 0.244 e. The van der Waals surface area contributed by atoms with E-state index in [0.29, 0.717) is 31.8 Å². The third kappa shape index (κ3) is 6.35. The largest absolute Gasteiger partial charge is 0.356 e. The summed E-state index contributed by atoms with van der Waals surface area (Å²) < 4.78 is 0. The zero-order valence-corrected chi connectivity index (χ0v) is 17.1. The fourth-order valence-corrected chi connectivity index (χ4v) is 3.71. The predicted octanol–water partition coefficient (Wildman–Crippen LogP) is 2.95. The summed E-state index contributed by atoms with van der Waals surface area (Å²) in [6.07, 6.45) is 3.82. The van der Waals surface area contributed by atoms with Crippen LogP contribution in [0, 0.1) is 17.2 Å². The molecule has 1 N–H and O–H groups in total. The molecule has 0 radical (unpaired) electrons. The summed E-state index contributed by atoms with van der Waals surface area (Å²) in [4.78, 5) is 28.9. The van der Waals surface area contributed by atoms with Crippen molar-refractivity contribution in [2.45, 2.75) is 52.0 Å². The van der Waals surface area contributed by atoms with E-state index in [1.165, 1.54) is 0 Å². The summed E-state index contributed by atoms with van der Waals surface area (Å²) in [6.45, 7) is 6.71. The zero-order chi connectivity index (χ0) is 20.4. The number of nitriles is 1. The van der Waals surface area contributed by atoms with Crippen molar-refractivity contribution >= 4 is 17.5 Å². The third-order valence-electron chi connectivity index (χ3n) is 5.30. The van der Waals surface area contributed by atoms with Crippen LogP contribution in [0.2, 0.25) is 0 Å². The lowest BCUT2D eigenvalue weighted by Crippen LogP contribution is -2.52. The third-order valence-corrected chi connectivity index (χ3v) is 5.30. The molecule has 0 aliphatic carbocycles. The quantitative estimate of drug-likeness (QED) is 0.710. The normalized spacial score (nSPS) is 18.1. The Morgan fingerprint density at radius 1 is 1.36 bits per heavy atom. The van der Waals surface area contributed by atoms with Gasteiger partial charge in [-0.05, 0) is 50.8 Å². The Balaban J connectivity index is 1.99. The molecule has 6 heteroatoms. The standard InChI is InChI=1S/C22H32N4O2/c1-3-9-21(27)24-16-19-10-7-14-25(17-19)18(2)22(28)26(15-8-13-23)20-11-5-4-6-12-20/h4-6,11-12,18-19H,3,7-10,14-17H2,1-2H3,(H,24,27). The van der Waals surface area contributed by atoms with Crippen molar-refractivity contribution in [2.75, 3.05) is 31.1 Å². The van der Waals surface area contributed by atoms with E-state index < -0.39 is 0 Å². The van der Waals surface area contributed by atoms with Gasteiger partial charge in [-0.15, -0.1) is 0 Å². The van der Waals surface area contributed by atoms with Gasteiger partial charge in [0.15, 0.2) is 0 Å². The van der Waals surface area contributed by atoms with E-state index >= 15 is 0 Å². The van der Waals surface area contributed by atoms with Gasteiger partial charge < -0.3 is 10.2 Å². The van der Waals surface area contributed by atoms with E-state index in [1.54, 1.807) is 4.90 Å². The fraction of sp³-hybridized carbons (Fsp3) is 0.591. The summed E-state index contributed by atoms with van der Waals surface area (Å²) in [5.74, 6) is 0.502. The van der Waals surface area contributed by atoms with Gasteiger partial charge in [-0.3, -0.25) is 14.5 Å². The Kier molecular flexibility index (Phi) is 8.96. The smallest absolute Gasteiger partial charge is 0.244 e. The van der Waals surface area contributed by atoms with Gasteiger partial charge in [0.05, 0.1) is 18.5 Å². The van der Waals surface area contributed by atoms with Crippen LogP contribution in [0.25, 0.3) is 0 Å². The maximum absolute atomic E-state index is 13.2. The van der Waals surface area contributed by atoms with Crippen molar-refractivity contribution in [3.8, 4) is 6.07 Å². The van der Waals surface area contributed by atoms with Gasteiger partial charge in [-0.1, -0.05) is 25.1 Å². The minimum atomic E-state index is -0.256. The maximum atomic E-state index is 13.2. The molecule has 1 aromatic rings. The first-order valence-corrected chi connectivity index (χ1v) is 10.3. The first-order valence-electron chi connectivity index (χ1n) is 10.3. The van der Waals surface area contributed by atoms with E-state index in [9.17, 15) is 9.59 Å². The molecular weight excluding hydrogens is 352 g/mol. The second-order valence-electron chi connectivity index (χ2n) is 7.47. The molecule has 2 atom stereocenters. The van der Waals surface area contributed by atoms with E-state index in [4.69, 9.17) is 5.26 Å². The molecule has 1 aliphatic heterocycles. The number of benzene rings is 1. The topological polar surface area (TPSA) is 76.4 Å². The Labute approximate surface area is 168 Å². The molecule has 1 aromatic carbocycles. The van der Waals surface area contributed by atoms with Crippen molar-refractivity contribution in [2.24, 2.45) is 5.92 Å². The van der Waals surface area contributed by atoms with Gasteiger partial charge >= 0.3 is 0 Å². The van der Waals surface area contributed by atoms with Crippen molar-refractivity contribution in [3.05, 3.63) is 30.3 Å². The molecule has 1 heterocycles. The number of rotatable bonds is 9. The Morgan fingerprint density at radius 2 is 2.11 bits per heavy atom. The Hall–Kier alpha value is -2.39. The summed E-state index contributed by atoms with van der Waals surface area (Å²) >= 11 is 0. The molecule has 152 valence electrons. The van der Waals surface area contributed by atoms with Gasteiger partial charge in [0, 0.05) is 31.7 Å². The molecule has 0 aromatic heterocycles. The molecular formula is C22H32N4O2. The van der Waals surface area contributed by atoms with Gasteiger partial charge in [-0.2, -0.15) is 5.26 Å². The Morgan fingerprint density at radius 3 is 2.79 bits per heavy atom. The van der Waals surface area contributed by atoms with E-state index in [1.807, 2.05) is 44.2 Å². The van der Waals surface area contributed by atoms with Crippen molar-refractivity contribution in [1.29, 1.82) is 5.26 Å². The molecule has 1 aliphatic rings. The van der Waals surface area contributed by atoms with Crippen LogP contribution in [0.1, 0.15) is 46.0 Å². The van der Waals surface area contributed by atoms with Crippen molar-refractivity contribution in [1.82, 2.24) is 10.2 Å². The van der Waals surface area contributed by atoms with Crippen LogP contribution in [0.15, 0.2) is 30.3 Å². The molecule has 1 saturated heterocycles. The fourth-order valence-electron chi connectivity index (χ4n) is 3.71. The van der Waals surface area contributed by atoms with Crippen LogP contribution in [-0.4, -0.2) is 48.9 Å². The number of nitrogens with zero attached hydrogens (tertiary/aromatic N) is 3. The monoisotopic (exact) mass is 384 g/mol. The number of nitrogens with one attached hydrogen (secondary N) is 1. The van der Waals surface area contributed by atoms with Gasteiger partial charge in [0.25, 0.3) is 0 Å². The molecule has 28 heavy (non-hydrogen) atoms. The number of likely N-dealkylation sites (tertiary alicyclic amines) is 1. The second kappa shape index (κ2) is 11.5. The van der Waals surface area contributed by atoms with Gasteiger partial charge in [-0.25, -0.2) is 0 Å². The van der Waals surface area contributed by atoms with Crippen LogP contribution in [-0.2, 0) is 9.59 Å². The number of hydrogen-bond donors (Lipinski definition) is 1. The number of amides is 2. The highest BCUT2D eigenvalue weighted by Crippen LogP contribution is 2.21. The van der Waals surface area contributed by atoms with Crippen LogP contribution in [0.5, 0.6) is 0 Å². The molecule has 0 bridgehead atoms. The molecule has 2 rings (SSSR count). The zero-order valence-electron chi connectivity index (χ0n) is 17.1. The molecule has 1 fully saturated rings. The minimum absolute atomic E-state index is 0.0251. The van der Waals surface area contributed by atoms with Crippen LogP contribution in [0.3, 0.4) is 0 Å². The van der Waals surface area contributed by atoms with Crippen LogP contribution < -0.4 is 10.2 Å². The number of carbonyl (C=O) groups is 2. The van der Waals surface area contributed by atoms with E-state index in [-0.39, 0.29) is 17.9 Å². The number of hydrogen-bond acceptors (Lipinski definition) is 4. The van der Waals surface area contributed by atoms with Crippen LogP contribution in [0.4, 0.5) is 5.69 Å². The highest BCUT2D eigenvalue weighted by molar-refractivity contribution is 5.97. The lowest BCUT2D eigenvalue weighted by atomic mass is 9.96. The summed E-state index contributed by atoms with van der Waals surface area (Å²) in [5, 5.41) is 12.0.